The van der Waals surface area contributed by atoms with Crippen LogP contribution in [0.4, 0.5) is 11.8 Å². The SMILES string of the molecule is CCN(c1nc(N)cc(Br)n1)C(C)COC. The van der Waals surface area contributed by atoms with Crippen LogP contribution < -0.4 is 10.6 Å². The van der Waals surface area contributed by atoms with E-state index in [9.17, 15) is 0 Å². The number of anilines is 2. The van der Waals surface area contributed by atoms with Crippen LogP contribution in [0.15, 0.2) is 10.7 Å². The highest BCUT2D eigenvalue weighted by molar-refractivity contribution is 9.10. The second kappa shape index (κ2) is 6.00. The average Bonchev–Trinajstić information content (AvgIpc) is 2.17. The van der Waals surface area contributed by atoms with Crippen LogP contribution in [0.1, 0.15) is 13.8 Å². The van der Waals surface area contributed by atoms with E-state index in [1.54, 1.807) is 13.2 Å². The molecule has 5 nitrogen and oxygen atoms in total. The fourth-order valence-electron chi connectivity index (χ4n) is 1.53. The molecule has 0 aliphatic rings. The number of hydrogen-bond acceptors (Lipinski definition) is 5. The molecule has 0 fully saturated rings. The maximum atomic E-state index is 5.69. The molecule has 1 aromatic rings. The standard InChI is InChI=1S/C10H17BrN4O/c1-4-15(7(2)6-16-3)10-13-8(11)5-9(12)14-10/h5,7H,4,6H2,1-3H3,(H2,12,13,14). The Kier molecular flexibility index (Phi) is 4.95. The summed E-state index contributed by atoms with van der Waals surface area (Å²) in [5.41, 5.74) is 5.69. The second-order valence-corrected chi connectivity index (χ2v) is 4.32. The van der Waals surface area contributed by atoms with Gasteiger partial charge in [-0.25, -0.2) is 4.98 Å². The van der Waals surface area contributed by atoms with Crippen molar-refractivity contribution in [3.63, 3.8) is 0 Å². The normalized spacial score (nSPS) is 12.5. The van der Waals surface area contributed by atoms with Crippen LogP contribution in [-0.4, -0.2) is 36.3 Å². The number of nitrogen functional groups attached to an aromatic ring is 1. The molecule has 0 saturated heterocycles. The van der Waals surface area contributed by atoms with Crippen LogP contribution in [0.5, 0.6) is 0 Å². The lowest BCUT2D eigenvalue weighted by Crippen LogP contribution is -2.37. The number of nitrogens with two attached hydrogens (primary N) is 1. The summed E-state index contributed by atoms with van der Waals surface area (Å²) in [5.74, 6) is 1.08. The van der Waals surface area contributed by atoms with Gasteiger partial charge >= 0.3 is 0 Å². The molecule has 1 heterocycles. The van der Waals surface area contributed by atoms with E-state index >= 15 is 0 Å². The summed E-state index contributed by atoms with van der Waals surface area (Å²) in [4.78, 5) is 10.6. The summed E-state index contributed by atoms with van der Waals surface area (Å²) in [5, 5.41) is 0. The number of ether oxygens (including phenoxy) is 1. The molecule has 0 radical (unpaired) electrons. The lowest BCUT2D eigenvalue weighted by molar-refractivity contribution is 0.181. The topological polar surface area (TPSA) is 64.3 Å². The van der Waals surface area contributed by atoms with E-state index in [1.807, 2.05) is 11.8 Å². The van der Waals surface area contributed by atoms with Crippen molar-refractivity contribution in [3.05, 3.63) is 10.7 Å². The average molecular weight is 289 g/mol. The van der Waals surface area contributed by atoms with Crippen molar-refractivity contribution in [1.29, 1.82) is 0 Å². The zero-order chi connectivity index (χ0) is 12.1. The van der Waals surface area contributed by atoms with Gasteiger partial charge in [0.05, 0.1) is 12.6 Å². The number of halogens is 1. The summed E-state index contributed by atoms with van der Waals surface area (Å²) >= 11 is 3.31. The van der Waals surface area contributed by atoms with Gasteiger partial charge in [0.2, 0.25) is 5.95 Å². The molecule has 16 heavy (non-hydrogen) atoms. The van der Waals surface area contributed by atoms with Gasteiger partial charge in [0.15, 0.2) is 0 Å². The predicted octanol–water partition coefficient (Wildman–Crippen LogP) is 1.68. The molecule has 0 saturated carbocycles. The zero-order valence-electron chi connectivity index (χ0n) is 9.77. The zero-order valence-corrected chi connectivity index (χ0v) is 11.4. The Morgan fingerprint density at radius 3 is 2.75 bits per heavy atom. The lowest BCUT2D eigenvalue weighted by atomic mass is 10.3. The van der Waals surface area contributed by atoms with Gasteiger partial charge in [-0.15, -0.1) is 0 Å². The third kappa shape index (κ3) is 3.31. The quantitative estimate of drug-likeness (QED) is 0.836. The first kappa shape index (κ1) is 13.2. The summed E-state index contributed by atoms with van der Waals surface area (Å²) in [6.07, 6.45) is 0. The number of hydrogen-bond donors (Lipinski definition) is 1. The summed E-state index contributed by atoms with van der Waals surface area (Å²) in [6.45, 7) is 5.55. The maximum absolute atomic E-state index is 5.69. The van der Waals surface area contributed by atoms with E-state index in [-0.39, 0.29) is 6.04 Å². The van der Waals surface area contributed by atoms with E-state index in [0.29, 0.717) is 23.0 Å². The molecule has 6 heteroatoms. The Morgan fingerprint density at radius 2 is 2.25 bits per heavy atom. The van der Waals surface area contributed by atoms with Crippen molar-refractivity contribution < 1.29 is 4.74 Å². The highest BCUT2D eigenvalue weighted by Crippen LogP contribution is 2.17. The fourth-order valence-corrected chi connectivity index (χ4v) is 1.93. The lowest BCUT2D eigenvalue weighted by Gasteiger charge is -2.27. The fraction of sp³-hybridized carbons (Fsp3) is 0.600. The van der Waals surface area contributed by atoms with Gasteiger partial charge in [-0.1, -0.05) is 0 Å². The van der Waals surface area contributed by atoms with Gasteiger partial charge in [0.1, 0.15) is 10.4 Å². The van der Waals surface area contributed by atoms with Gasteiger partial charge < -0.3 is 15.4 Å². The molecular formula is C10H17BrN4O. The Labute approximate surface area is 104 Å². The van der Waals surface area contributed by atoms with Crippen molar-refractivity contribution in [3.8, 4) is 0 Å². The molecule has 0 aliphatic carbocycles. The van der Waals surface area contributed by atoms with E-state index < -0.39 is 0 Å². The van der Waals surface area contributed by atoms with Crippen LogP contribution in [0, 0.1) is 0 Å². The van der Waals surface area contributed by atoms with Crippen molar-refractivity contribution in [2.45, 2.75) is 19.9 Å². The number of rotatable bonds is 5. The molecule has 0 aromatic carbocycles. The molecule has 1 aromatic heterocycles. The molecule has 90 valence electrons. The number of methoxy groups -OCH3 is 1. The smallest absolute Gasteiger partial charge is 0.228 e. The highest BCUT2D eigenvalue weighted by atomic mass is 79.9. The van der Waals surface area contributed by atoms with Crippen molar-refractivity contribution in [1.82, 2.24) is 9.97 Å². The first-order chi connectivity index (χ1) is 7.58. The van der Waals surface area contributed by atoms with E-state index in [4.69, 9.17) is 10.5 Å². The number of likely N-dealkylation sites (N-methyl/N-ethyl adjacent to an activating group) is 1. The molecule has 0 bridgehead atoms. The highest BCUT2D eigenvalue weighted by Gasteiger charge is 2.16. The molecule has 0 aliphatic heterocycles. The molecule has 0 amide bonds. The van der Waals surface area contributed by atoms with Crippen LogP contribution in [0.3, 0.4) is 0 Å². The predicted molar refractivity (Wildman–Crippen MR) is 68.5 cm³/mol. The van der Waals surface area contributed by atoms with Gasteiger partial charge in [0.25, 0.3) is 0 Å². The molecule has 2 N–H and O–H groups in total. The molecule has 0 spiro atoms. The van der Waals surface area contributed by atoms with Gasteiger partial charge in [-0.2, -0.15) is 4.98 Å². The monoisotopic (exact) mass is 288 g/mol. The van der Waals surface area contributed by atoms with Crippen LogP contribution >= 0.6 is 15.9 Å². The van der Waals surface area contributed by atoms with Crippen molar-refractivity contribution in [2.75, 3.05) is 30.9 Å². The number of nitrogens with zero attached hydrogens (tertiary/aromatic N) is 3. The Bertz CT molecular complexity index is 327. The van der Waals surface area contributed by atoms with E-state index in [0.717, 1.165) is 6.54 Å². The van der Waals surface area contributed by atoms with Crippen LogP contribution in [0.25, 0.3) is 0 Å². The molecule has 1 atom stereocenters. The summed E-state index contributed by atoms with van der Waals surface area (Å²) in [6, 6.07) is 1.89. The first-order valence-electron chi connectivity index (χ1n) is 5.14. The van der Waals surface area contributed by atoms with Crippen molar-refractivity contribution >= 4 is 27.7 Å². The summed E-state index contributed by atoms with van der Waals surface area (Å²) < 4.78 is 5.82. The summed E-state index contributed by atoms with van der Waals surface area (Å²) in [7, 11) is 1.68. The minimum Gasteiger partial charge on any atom is -0.383 e. The van der Waals surface area contributed by atoms with Gasteiger partial charge in [0, 0.05) is 19.7 Å². The minimum atomic E-state index is 0.212. The second-order valence-electron chi connectivity index (χ2n) is 3.51. The van der Waals surface area contributed by atoms with Crippen LogP contribution in [0.2, 0.25) is 0 Å². The third-order valence-electron chi connectivity index (χ3n) is 2.24. The Balaban J connectivity index is 2.94. The first-order valence-corrected chi connectivity index (χ1v) is 5.93. The molecular weight excluding hydrogens is 272 g/mol. The van der Waals surface area contributed by atoms with Gasteiger partial charge in [-0.05, 0) is 29.8 Å². The molecule has 1 rings (SSSR count). The van der Waals surface area contributed by atoms with Crippen molar-refractivity contribution in [2.24, 2.45) is 0 Å². The Hall–Kier alpha value is -0.880. The Morgan fingerprint density at radius 1 is 1.56 bits per heavy atom. The third-order valence-corrected chi connectivity index (χ3v) is 2.65. The maximum Gasteiger partial charge on any atom is 0.228 e. The van der Waals surface area contributed by atoms with Crippen LogP contribution in [-0.2, 0) is 4.74 Å². The number of aromatic nitrogens is 2. The van der Waals surface area contributed by atoms with E-state index in [2.05, 4.69) is 32.8 Å². The van der Waals surface area contributed by atoms with Gasteiger partial charge in [-0.3, -0.25) is 0 Å². The van der Waals surface area contributed by atoms with E-state index in [1.165, 1.54) is 0 Å². The largest absolute Gasteiger partial charge is 0.383 e. The minimum absolute atomic E-state index is 0.212. The molecule has 1 unspecified atom stereocenters.